The van der Waals surface area contributed by atoms with Crippen LogP contribution in [0, 0.1) is 11.6 Å². The minimum atomic E-state index is -2.31. The Kier molecular flexibility index (Phi) is 8.02. The third-order valence-electron chi connectivity index (χ3n) is 4.52. The van der Waals surface area contributed by atoms with Crippen molar-refractivity contribution in [2.24, 2.45) is 0 Å². The first-order valence-corrected chi connectivity index (χ1v) is 9.23. The lowest BCUT2D eigenvalue weighted by Crippen LogP contribution is -2.50. The molecule has 1 aliphatic rings. The van der Waals surface area contributed by atoms with Crippen LogP contribution in [0.2, 0.25) is 0 Å². The molecule has 10 heteroatoms. The van der Waals surface area contributed by atoms with Crippen LogP contribution in [-0.4, -0.2) is 49.0 Å². The molecule has 0 saturated carbocycles. The standard InChI is InChI=1S/C16H24F2N2O5S/c1-23-15(24-2)10-19-16(3-5-25-6-4-16)12-8-13(17)11(7-14(12)18)9-20-26(21)22/h7-8,15,19-20H,3-6,9-10H2,1-2H3,(H,21,22). The zero-order valence-electron chi connectivity index (χ0n) is 14.7. The van der Waals surface area contributed by atoms with Crippen LogP contribution in [0.4, 0.5) is 8.78 Å². The summed E-state index contributed by atoms with van der Waals surface area (Å²) < 4.78 is 66.5. The molecule has 3 N–H and O–H groups in total. The van der Waals surface area contributed by atoms with E-state index in [1.165, 1.54) is 14.2 Å². The van der Waals surface area contributed by atoms with E-state index >= 15 is 0 Å². The second-order valence-electron chi connectivity index (χ2n) is 5.97. The van der Waals surface area contributed by atoms with Crippen molar-refractivity contribution >= 4 is 11.3 Å². The molecule has 0 aromatic heterocycles. The molecule has 1 atom stereocenters. The predicted molar refractivity (Wildman–Crippen MR) is 91.5 cm³/mol. The monoisotopic (exact) mass is 394 g/mol. The van der Waals surface area contributed by atoms with Crippen molar-refractivity contribution in [2.75, 3.05) is 34.0 Å². The summed E-state index contributed by atoms with van der Waals surface area (Å²) in [6.07, 6.45) is 0.398. The van der Waals surface area contributed by atoms with Gasteiger partial charge < -0.3 is 19.5 Å². The lowest BCUT2D eigenvalue weighted by atomic mass is 9.81. The van der Waals surface area contributed by atoms with Crippen LogP contribution in [-0.2, 0) is 37.6 Å². The molecular formula is C16H24F2N2O5S. The summed E-state index contributed by atoms with van der Waals surface area (Å²) in [6, 6.07) is 2.19. The molecule has 1 fully saturated rings. The first-order chi connectivity index (χ1) is 12.4. The zero-order chi connectivity index (χ0) is 19.2. The van der Waals surface area contributed by atoms with Crippen molar-refractivity contribution < 1.29 is 31.8 Å². The SMILES string of the molecule is COC(CNC1(c2cc(F)c(CNS(=O)O)cc2F)CCOCC1)OC. The van der Waals surface area contributed by atoms with Crippen molar-refractivity contribution in [2.45, 2.75) is 31.2 Å². The van der Waals surface area contributed by atoms with Gasteiger partial charge in [0.2, 0.25) is 11.3 Å². The van der Waals surface area contributed by atoms with Gasteiger partial charge in [0.1, 0.15) is 11.6 Å². The van der Waals surface area contributed by atoms with Gasteiger partial charge in [0, 0.05) is 51.6 Å². The molecule has 0 spiro atoms. The number of methoxy groups -OCH3 is 2. The maximum absolute atomic E-state index is 14.8. The first kappa shape index (κ1) is 21.3. The van der Waals surface area contributed by atoms with Crippen molar-refractivity contribution in [1.82, 2.24) is 10.0 Å². The molecule has 0 aliphatic carbocycles. The van der Waals surface area contributed by atoms with Crippen molar-refractivity contribution in [3.8, 4) is 0 Å². The average molecular weight is 394 g/mol. The number of benzene rings is 1. The molecule has 7 nitrogen and oxygen atoms in total. The molecule has 1 aromatic carbocycles. The van der Waals surface area contributed by atoms with Crippen LogP contribution in [0.5, 0.6) is 0 Å². The number of ether oxygens (including phenoxy) is 3. The molecule has 148 valence electrons. The number of nitrogens with one attached hydrogen (secondary N) is 2. The smallest absolute Gasteiger partial charge is 0.232 e. The highest BCUT2D eigenvalue weighted by Gasteiger charge is 2.37. The van der Waals surface area contributed by atoms with Crippen LogP contribution in [0.25, 0.3) is 0 Å². The molecule has 0 bridgehead atoms. The molecule has 1 saturated heterocycles. The summed E-state index contributed by atoms with van der Waals surface area (Å²) in [4.78, 5) is 0. The van der Waals surface area contributed by atoms with Crippen molar-refractivity contribution in [3.05, 3.63) is 34.9 Å². The Bertz CT molecular complexity index is 625. The molecule has 1 aliphatic heterocycles. The largest absolute Gasteiger partial charge is 0.381 e. The normalized spacial score (nSPS) is 18.2. The highest BCUT2D eigenvalue weighted by Crippen LogP contribution is 2.35. The quantitative estimate of drug-likeness (QED) is 0.434. The Morgan fingerprint density at radius 3 is 2.50 bits per heavy atom. The highest BCUT2D eigenvalue weighted by molar-refractivity contribution is 7.77. The third kappa shape index (κ3) is 5.26. The number of hydrogen-bond acceptors (Lipinski definition) is 5. The van der Waals surface area contributed by atoms with E-state index in [1.807, 2.05) is 0 Å². The van der Waals surface area contributed by atoms with Crippen LogP contribution in [0.1, 0.15) is 24.0 Å². The molecule has 1 heterocycles. The second kappa shape index (κ2) is 9.79. The van der Waals surface area contributed by atoms with Gasteiger partial charge in [-0.1, -0.05) is 0 Å². The molecule has 26 heavy (non-hydrogen) atoms. The van der Waals surface area contributed by atoms with Crippen LogP contribution >= 0.6 is 0 Å². The topological polar surface area (TPSA) is 89.1 Å². The Morgan fingerprint density at radius 1 is 1.27 bits per heavy atom. The maximum Gasteiger partial charge on any atom is 0.232 e. The number of rotatable bonds is 9. The summed E-state index contributed by atoms with van der Waals surface area (Å²) in [5.74, 6) is -1.24. The minimum Gasteiger partial charge on any atom is -0.381 e. The number of hydrogen-bond donors (Lipinski definition) is 3. The van der Waals surface area contributed by atoms with Crippen LogP contribution in [0.15, 0.2) is 12.1 Å². The Balaban J connectivity index is 2.29. The molecule has 1 aromatic rings. The van der Waals surface area contributed by atoms with Gasteiger partial charge >= 0.3 is 0 Å². The van der Waals surface area contributed by atoms with Gasteiger partial charge in [-0.2, -0.15) is 0 Å². The summed E-state index contributed by atoms with van der Waals surface area (Å²) in [7, 11) is 3.00. The third-order valence-corrected chi connectivity index (χ3v) is 4.91. The fourth-order valence-electron chi connectivity index (χ4n) is 3.03. The van der Waals surface area contributed by atoms with Gasteiger partial charge in [-0.15, -0.1) is 0 Å². The number of halogens is 2. The Morgan fingerprint density at radius 2 is 1.92 bits per heavy atom. The summed E-state index contributed by atoms with van der Waals surface area (Å²) in [5, 5.41) is 3.25. The summed E-state index contributed by atoms with van der Waals surface area (Å²) >= 11 is -2.31. The summed E-state index contributed by atoms with van der Waals surface area (Å²) in [5.41, 5.74) is -0.648. The highest BCUT2D eigenvalue weighted by atomic mass is 32.2. The fourth-order valence-corrected chi connectivity index (χ4v) is 3.31. The fraction of sp³-hybridized carbons (Fsp3) is 0.625. The van der Waals surface area contributed by atoms with Crippen LogP contribution in [0.3, 0.4) is 0 Å². The molecule has 2 rings (SSSR count). The molecular weight excluding hydrogens is 370 g/mol. The Labute approximate surface area is 153 Å². The van der Waals surface area contributed by atoms with E-state index in [1.54, 1.807) is 0 Å². The van der Waals surface area contributed by atoms with E-state index in [0.29, 0.717) is 32.6 Å². The van der Waals surface area contributed by atoms with Gasteiger partial charge in [0.05, 0.1) is 5.54 Å². The predicted octanol–water partition coefficient (Wildman–Crippen LogP) is 1.41. The molecule has 1 unspecified atom stereocenters. The molecule has 0 amide bonds. The van der Waals surface area contributed by atoms with E-state index in [0.717, 1.165) is 12.1 Å². The van der Waals surface area contributed by atoms with Gasteiger partial charge in [-0.3, -0.25) is 4.55 Å². The van der Waals surface area contributed by atoms with Crippen LogP contribution < -0.4 is 10.0 Å². The van der Waals surface area contributed by atoms with Crippen molar-refractivity contribution in [1.29, 1.82) is 0 Å². The lowest BCUT2D eigenvalue weighted by molar-refractivity contribution is -0.105. The van der Waals surface area contributed by atoms with Gasteiger partial charge in [0.25, 0.3) is 0 Å². The first-order valence-electron chi connectivity index (χ1n) is 8.13. The average Bonchev–Trinajstić information content (AvgIpc) is 2.63. The van der Waals surface area contributed by atoms with E-state index in [2.05, 4.69) is 10.0 Å². The van der Waals surface area contributed by atoms with Gasteiger partial charge in [0.15, 0.2) is 6.29 Å². The lowest BCUT2D eigenvalue weighted by Gasteiger charge is -2.39. The van der Waals surface area contributed by atoms with Gasteiger partial charge in [-0.05, 0) is 25.0 Å². The minimum absolute atomic E-state index is 0.0254. The van der Waals surface area contributed by atoms with Crippen molar-refractivity contribution in [3.63, 3.8) is 0 Å². The van der Waals surface area contributed by atoms with Gasteiger partial charge in [-0.25, -0.2) is 17.7 Å². The summed E-state index contributed by atoms with van der Waals surface area (Å²) in [6.45, 7) is 0.850. The maximum atomic E-state index is 14.8. The van der Waals surface area contributed by atoms with E-state index in [-0.39, 0.29) is 17.7 Å². The zero-order valence-corrected chi connectivity index (χ0v) is 15.5. The van der Waals surface area contributed by atoms with E-state index in [9.17, 15) is 13.0 Å². The van der Waals surface area contributed by atoms with E-state index in [4.69, 9.17) is 18.8 Å². The molecule has 0 radical (unpaired) electrons. The Hall–Kier alpha value is -1.01. The van der Waals surface area contributed by atoms with E-state index < -0.39 is 34.7 Å². The second-order valence-corrected chi connectivity index (χ2v) is 6.76.